The quantitative estimate of drug-likeness (QED) is 0.400. The molecular weight excluding hydrogens is 282 g/mol. The molecule has 0 bridgehead atoms. The molecule has 114 valence electrons. The van der Waals surface area contributed by atoms with E-state index in [1.165, 1.54) is 17.2 Å². The SMILES string of the molecule is Nc1ncnc2c1ncn2[C@H]1O[C@H](CO)[C@@H](O)[C@H](O)[C@@H]1O. The third-order valence-electron chi connectivity index (χ3n) is 3.53. The van der Waals surface area contributed by atoms with E-state index >= 15 is 0 Å². The predicted molar refractivity (Wildman–Crippen MR) is 68.8 cm³/mol. The average molecular weight is 297 g/mol. The van der Waals surface area contributed by atoms with Gasteiger partial charge in [0.25, 0.3) is 0 Å². The topological polar surface area (TPSA) is 160 Å². The first-order chi connectivity index (χ1) is 10.0. The van der Waals surface area contributed by atoms with Crippen LogP contribution in [0.1, 0.15) is 6.23 Å². The number of aromatic nitrogens is 4. The van der Waals surface area contributed by atoms with Gasteiger partial charge in [0.2, 0.25) is 0 Å². The molecule has 10 nitrogen and oxygen atoms in total. The summed E-state index contributed by atoms with van der Waals surface area (Å²) in [5, 5.41) is 38.8. The second-order valence-electron chi connectivity index (χ2n) is 4.80. The molecule has 0 aliphatic carbocycles. The molecule has 0 amide bonds. The van der Waals surface area contributed by atoms with Crippen LogP contribution < -0.4 is 5.73 Å². The fourth-order valence-corrected chi connectivity index (χ4v) is 2.37. The Bertz CT molecular complexity index is 647. The minimum absolute atomic E-state index is 0.170. The zero-order valence-electron chi connectivity index (χ0n) is 10.8. The van der Waals surface area contributed by atoms with E-state index in [0.717, 1.165) is 0 Å². The van der Waals surface area contributed by atoms with Gasteiger partial charge >= 0.3 is 0 Å². The van der Waals surface area contributed by atoms with E-state index in [1.54, 1.807) is 0 Å². The average Bonchev–Trinajstić information content (AvgIpc) is 2.91. The Morgan fingerprint density at radius 3 is 2.62 bits per heavy atom. The summed E-state index contributed by atoms with van der Waals surface area (Å²) in [5.74, 6) is 0.170. The molecule has 2 aromatic heterocycles. The number of aliphatic hydroxyl groups excluding tert-OH is 4. The summed E-state index contributed by atoms with van der Waals surface area (Å²) in [7, 11) is 0. The van der Waals surface area contributed by atoms with E-state index in [2.05, 4.69) is 15.0 Å². The number of rotatable bonds is 2. The van der Waals surface area contributed by atoms with Crippen molar-refractivity contribution >= 4 is 17.0 Å². The van der Waals surface area contributed by atoms with Crippen molar-refractivity contribution in [1.82, 2.24) is 19.5 Å². The molecule has 21 heavy (non-hydrogen) atoms. The van der Waals surface area contributed by atoms with Crippen molar-refractivity contribution in [2.45, 2.75) is 30.6 Å². The standard InChI is InChI=1S/C11H15N5O5/c12-9-5-10(14-2-13-9)16(3-15-5)11-8(20)7(19)6(18)4(1-17)21-11/h2-4,6-8,11,17-20H,1H2,(H2,12,13,14)/t4-,6-,7+,8+,11+/m1/s1. The van der Waals surface area contributed by atoms with E-state index in [1.807, 2.05) is 0 Å². The molecular formula is C11H15N5O5. The van der Waals surface area contributed by atoms with E-state index in [4.69, 9.17) is 10.5 Å². The van der Waals surface area contributed by atoms with Gasteiger partial charge in [-0.1, -0.05) is 0 Å². The maximum atomic E-state index is 10.1. The fraction of sp³-hybridized carbons (Fsp3) is 0.545. The number of nitrogens with two attached hydrogens (primary N) is 1. The number of imidazole rings is 1. The van der Waals surface area contributed by atoms with Crippen LogP contribution in [0.4, 0.5) is 5.82 Å². The van der Waals surface area contributed by atoms with Crippen LogP contribution in [0.3, 0.4) is 0 Å². The van der Waals surface area contributed by atoms with Gasteiger partial charge in [0.05, 0.1) is 12.9 Å². The lowest BCUT2D eigenvalue weighted by molar-refractivity contribution is -0.250. The summed E-state index contributed by atoms with van der Waals surface area (Å²) in [6, 6.07) is 0. The minimum atomic E-state index is -1.47. The summed E-state index contributed by atoms with van der Waals surface area (Å²) < 4.78 is 6.81. The van der Waals surface area contributed by atoms with Crippen molar-refractivity contribution in [2.75, 3.05) is 12.3 Å². The van der Waals surface area contributed by atoms with Crippen LogP contribution in [-0.2, 0) is 4.74 Å². The molecule has 2 aromatic rings. The van der Waals surface area contributed by atoms with Crippen molar-refractivity contribution in [3.8, 4) is 0 Å². The highest BCUT2D eigenvalue weighted by Crippen LogP contribution is 2.30. The molecule has 3 rings (SSSR count). The molecule has 1 saturated heterocycles. The maximum absolute atomic E-state index is 10.1. The number of hydrogen-bond acceptors (Lipinski definition) is 9. The molecule has 0 aromatic carbocycles. The zero-order chi connectivity index (χ0) is 15.1. The Morgan fingerprint density at radius 2 is 1.90 bits per heavy atom. The van der Waals surface area contributed by atoms with Crippen LogP contribution in [0.25, 0.3) is 11.2 Å². The smallest absolute Gasteiger partial charge is 0.167 e. The molecule has 5 atom stereocenters. The van der Waals surface area contributed by atoms with Gasteiger partial charge in [-0.2, -0.15) is 0 Å². The van der Waals surface area contributed by atoms with Gasteiger partial charge in [0, 0.05) is 0 Å². The van der Waals surface area contributed by atoms with Crippen molar-refractivity contribution in [3.63, 3.8) is 0 Å². The van der Waals surface area contributed by atoms with Crippen molar-refractivity contribution in [1.29, 1.82) is 0 Å². The van der Waals surface area contributed by atoms with Crippen LogP contribution in [-0.4, -0.2) is 71.0 Å². The summed E-state index contributed by atoms with van der Waals surface area (Å²) in [5.41, 5.74) is 6.32. The summed E-state index contributed by atoms with van der Waals surface area (Å²) in [6.07, 6.45) is -3.82. The number of nitrogen functional groups attached to an aromatic ring is 1. The van der Waals surface area contributed by atoms with Crippen LogP contribution in [0, 0.1) is 0 Å². The summed E-state index contributed by atoms with van der Waals surface area (Å²) >= 11 is 0. The number of ether oxygens (including phenoxy) is 1. The second-order valence-corrected chi connectivity index (χ2v) is 4.80. The van der Waals surface area contributed by atoms with Gasteiger partial charge in [0.1, 0.15) is 36.3 Å². The molecule has 0 radical (unpaired) electrons. The third kappa shape index (κ3) is 2.13. The molecule has 0 saturated carbocycles. The molecule has 3 heterocycles. The Labute approximate surface area is 118 Å². The monoisotopic (exact) mass is 297 g/mol. The van der Waals surface area contributed by atoms with Crippen molar-refractivity contribution in [3.05, 3.63) is 12.7 Å². The number of fused-ring (bicyclic) bond motifs is 1. The van der Waals surface area contributed by atoms with Gasteiger partial charge in [-0.25, -0.2) is 15.0 Å². The van der Waals surface area contributed by atoms with Crippen LogP contribution in [0.2, 0.25) is 0 Å². The van der Waals surface area contributed by atoms with Gasteiger partial charge in [0.15, 0.2) is 17.7 Å². The molecule has 0 spiro atoms. The zero-order valence-corrected chi connectivity index (χ0v) is 10.8. The Morgan fingerprint density at radius 1 is 1.14 bits per heavy atom. The summed E-state index contributed by atoms with van der Waals surface area (Å²) in [4.78, 5) is 11.9. The number of aliphatic hydroxyl groups is 4. The number of anilines is 1. The van der Waals surface area contributed by atoms with Crippen LogP contribution >= 0.6 is 0 Å². The van der Waals surface area contributed by atoms with Crippen LogP contribution in [0.5, 0.6) is 0 Å². The van der Waals surface area contributed by atoms with Gasteiger partial charge in [-0.15, -0.1) is 0 Å². The normalized spacial score (nSPS) is 33.4. The fourth-order valence-electron chi connectivity index (χ4n) is 2.37. The minimum Gasteiger partial charge on any atom is -0.394 e. The number of nitrogens with zero attached hydrogens (tertiary/aromatic N) is 4. The van der Waals surface area contributed by atoms with Crippen molar-refractivity contribution < 1.29 is 25.2 Å². The van der Waals surface area contributed by atoms with Gasteiger partial charge < -0.3 is 30.9 Å². The second kappa shape index (κ2) is 5.16. The molecule has 10 heteroatoms. The predicted octanol–water partition coefficient (Wildman–Crippen LogP) is -2.62. The Kier molecular flexibility index (Phi) is 3.47. The largest absolute Gasteiger partial charge is 0.394 e. The lowest BCUT2D eigenvalue weighted by Gasteiger charge is -2.40. The highest BCUT2D eigenvalue weighted by atomic mass is 16.6. The third-order valence-corrected chi connectivity index (χ3v) is 3.53. The van der Waals surface area contributed by atoms with Gasteiger partial charge in [-0.3, -0.25) is 4.57 Å². The van der Waals surface area contributed by atoms with Crippen LogP contribution in [0.15, 0.2) is 12.7 Å². The van der Waals surface area contributed by atoms with Gasteiger partial charge in [-0.05, 0) is 0 Å². The lowest BCUT2D eigenvalue weighted by Crippen LogP contribution is -2.56. The first-order valence-electron chi connectivity index (χ1n) is 6.28. The summed E-state index contributed by atoms with van der Waals surface area (Å²) in [6.45, 7) is -0.509. The highest BCUT2D eigenvalue weighted by Gasteiger charge is 2.44. The molecule has 6 N–H and O–H groups in total. The number of hydrogen-bond donors (Lipinski definition) is 5. The van der Waals surface area contributed by atoms with E-state index < -0.39 is 37.3 Å². The Balaban J connectivity index is 2.03. The molecule has 0 unspecified atom stereocenters. The van der Waals surface area contributed by atoms with E-state index in [-0.39, 0.29) is 5.82 Å². The first-order valence-corrected chi connectivity index (χ1v) is 6.28. The highest BCUT2D eigenvalue weighted by molar-refractivity contribution is 5.81. The van der Waals surface area contributed by atoms with E-state index in [0.29, 0.717) is 11.2 Å². The van der Waals surface area contributed by atoms with Crippen molar-refractivity contribution in [2.24, 2.45) is 0 Å². The molecule has 1 aliphatic heterocycles. The first kappa shape index (κ1) is 14.1. The lowest BCUT2D eigenvalue weighted by atomic mass is 9.98. The Hall–Kier alpha value is -1.85. The van der Waals surface area contributed by atoms with E-state index in [9.17, 15) is 20.4 Å². The molecule has 1 aliphatic rings. The maximum Gasteiger partial charge on any atom is 0.167 e. The molecule has 1 fully saturated rings.